The maximum absolute atomic E-state index is 12.5. The van der Waals surface area contributed by atoms with E-state index in [1.54, 1.807) is 48.5 Å². The van der Waals surface area contributed by atoms with Gasteiger partial charge in [0.1, 0.15) is 5.54 Å². The molecule has 1 aliphatic carbocycles. The zero-order valence-electron chi connectivity index (χ0n) is 12.5. The van der Waals surface area contributed by atoms with Crippen LogP contribution in [-0.4, -0.2) is 28.3 Å². The van der Waals surface area contributed by atoms with Gasteiger partial charge in [-0.05, 0) is 30.7 Å². The molecule has 5 nitrogen and oxygen atoms in total. The predicted molar refractivity (Wildman–Crippen MR) is 88.2 cm³/mol. The third-order valence-electron chi connectivity index (χ3n) is 4.14. The molecule has 2 N–H and O–H groups in total. The number of hydrogen-bond donors (Lipinski definition) is 2. The number of carboxylic acids is 1. The Kier molecular flexibility index (Phi) is 4.11. The predicted octanol–water partition coefficient (Wildman–Crippen LogP) is 2.80. The first-order valence-corrected chi connectivity index (χ1v) is 7.72. The van der Waals surface area contributed by atoms with Gasteiger partial charge < -0.3 is 10.4 Å². The van der Waals surface area contributed by atoms with Gasteiger partial charge in [-0.1, -0.05) is 41.9 Å². The van der Waals surface area contributed by atoms with Crippen LogP contribution >= 0.6 is 11.6 Å². The molecular weight excluding hydrogens is 330 g/mol. The minimum absolute atomic E-state index is 0.0618. The van der Waals surface area contributed by atoms with E-state index < -0.39 is 23.3 Å². The topological polar surface area (TPSA) is 83.5 Å². The Labute approximate surface area is 143 Å². The molecule has 1 fully saturated rings. The number of carbonyl (C=O) groups is 3. The second-order valence-corrected chi connectivity index (χ2v) is 6.16. The molecule has 2 unspecified atom stereocenters. The lowest BCUT2D eigenvalue weighted by Crippen LogP contribution is -2.46. The Bertz CT molecular complexity index is 821. The molecule has 0 bridgehead atoms. The van der Waals surface area contributed by atoms with Crippen molar-refractivity contribution < 1.29 is 19.5 Å². The number of aliphatic carboxylic acids is 1. The molecule has 2 aromatic carbocycles. The van der Waals surface area contributed by atoms with Crippen LogP contribution in [-0.2, 0) is 4.79 Å². The van der Waals surface area contributed by atoms with E-state index in [0.717, 1.165) is 0 Å². The molecule has 1 aliphatic rings. The Morgan fingerprint density at radius 2 is 1.71 bits per heavy atom. The molecule has 122 valence electrons. The van der Waals surface area contributed by atoms with Crippen molar-refractivity contribution in [2.45, 2.75) is 12.0 Å². The largest absolute Gasteiger partial charge is 0.479 e. The van der Waals surface area contributed by atoms with Gasteiger partial charge in [-0.15, -0.1) is 0 Å². The summed E-state index contributed by atoms with van der Waals surface area (Å²) >= 11 is 5.87. The Morgan fingerprint density at radius 1 is 1.04 bits per heavy atom. The average molecular weight is 344 g/mol. The van der Waals surface area contributed by atoms with E-state index in [9.17, 15) is 19.5 Å². The summed E-state index contributed by atoms with van der Waals surface area (Å²) in [5.74, 6) is -2.87. The summed E-state index contributed by atoms with van der Waals surface area (Å²) in [4.78, 5) is 36.5. The first kappa shape index (κ1) is 16.2. The molecule has 0 radical (unpaired) electrons. The number of halogens is 1. The summed E-state index contributed by atoms with van der Waals surface area (Å²) in [6.07, 6.45) is 0.0618. The summed E-state index contributed by atoms with van der Waals surface area (Å²) in [6.45, 7) is 0. The van der Waals surface area contributed by atoms with E-state index in [2.05, 4.69) is 5.32 Å². The van der Waals surface area contributed by atoms with Crippen LogP contribution in [0.25, 0.3) is 0 Å². The number of hydrogen-bond acceptors (Lipinski definition) is 3. The summed E-state index contributed by atoms with van der Waals surface area (Å²) in [5, 5.41) is 12.4. The lowest BCUT2D eigenvalue weighted by atomic mass is 10.0. The third kappa shape index (κ3) is 2.90. The standard InChI is InChI=1S/C18H14ClNO4/c19-13-8-4-7-12(9-13)15(21)14-10-18(14,17(23)24)20-16(22)11-5-2-1-3-6-11/h1-9,14H,10H2,(H,20,22)(H,23,24). The van der Waals surface area contributed by atoms with E-state index in [1.165, 1.54) is 6.07 Å². The minimum atomic E-state index is -1.56. The molecule has 3 rings (SSSR count). The molecule has 0 aliphatic heterocycles. The fraction of sp³-hybridized carbons (Fsp3) is 0.167. The van der Waals surface area contributed by atoms with Crippen molar-refractivity contribution in [3.63, 3.8) is 0 Å². The maximum Gasteiger partial charge on any atom is 0.330 e. The fourth-order valence-corrected chi connectivity index (χ4v) is 2.91. The van der Waals surface area contributed by atoms with Gasteiger partial charge in [-0.25, -0.2) is 4.79 Å². The Morgan fingerprint density at radius 3 is 2.33 bits per heavy atom. The summed E-state index contributed by atoms with van der Waals surface area (Å²) in [6, 6.07) is 14.6. The minimum Gasteiger partial charge on any atom is -0.479 e. The first-order valence-electron chi connectivity index (χ1n) is 7.35. The SMILES string of the molecule is O=C(NC1(C(=O)O)CC1C(=O)c1cccc(Cl)c1)c1ccccc1. The molecule has 24 heavy (non-hydrogen) atoms. The van der Waals surface area contributed by atoms with Gasteiger partial charge in [0, 0.05) is 16.1 Å². The van der Waals surface area contributed by atoms with Gasteiger partial charge >= 0.3 is 5.97 Å². The van der Waals surface area contributed by atoms with Crippen LogP contribution in [0.2, 0.25) is 5.02 Å². The number of carbonyl (C=O) groups excluding carboxylic acids is 2. The van der Waals surface area contributed by atoms with Gasteiger partial charge in [-0.2, -0.15) is 0 Å². The molecule has 2 atom stereocenters. The van der Waals surface area contributed by atoms with Crippen LogP contribution in [0.4, 0.5) is 0 Å². The average Bonchev–Trinajstić information content (AvgIpc) is 3.30. The molecule has 1 amide bonds. The lowest BCUT2D eigenvalue weighted by Gasteiger charge is -2.14. The second-order valence-electron chi connectivity index (χ2n) is 5.73. The Balaban J connectivity index is 1.81. The number of amides is 1. The van der Waals surface area contributed by atoms with E-state index in [4.69, 9.17) is 11.6 Å². The van der Waals surface area contributed by atoms with Gasteiger partial charge in [0.2, 0.25) is 0 Å². The summed E-state index contributed by atoms with van der Waals surface area (Å²) < 4.78 is 0. The van der Waals surface area contributed by atoms with Crippen LogP contribution in [0.15, 0.2) is 54.6 Å². The number of rotatable bonds is 5. The van der Waals surface area contributed by atoms with E-state index >= 15 is 0 Å². The zero-order valence-corrected chi connectivity index (χ0v) is 13.3. The number of Topliss-reactive ketones (excluding diaryl/α,β-unsaturated/α-hetero) is 1. The highest BCUT2D eigenvalue weighted by molar-refractivity contribution is 6.31. The van der Waals surface area contributed by atoms with Gasteiger partial charge in [0.25, 0.3) is 5.91 Å². The number of nitrogens with one attached hydrogen (secondary N) is 1. The number of carboxylic acid groups (broad SMARTS) is 1. The quantitative estimate of drug-likeness (QED) is 0.818. The van der Waals surface area contributed by atoms with Gasteiger partial charge in [0.05, 0.1) is 5.92 Å². The van der Waals surface area contributed by atoms with Crippen LogP contribution in [0.5, 0.6) is 0 Å². The molecule has 1 saturated carbocycles. The highest BCUT2D eigenvalue weighted by atomic mass is 35.5. The van der Waals surface area contributed by atoms with Gasteiger partial charge in [-0.3, -0.25) is 9.59 Å². The molecular formula is C18H14ClNO4. The molecule has 0 heterocycles. The van der Waals surface area contributed by atoms with Crippen molar-refractivity contribution in [1.29, 1.82) is 0 Å². The summed E-state index contributed by atoms with van der Waals surface area (Å²) in [5.41, 5.74) is -0.879. The summed E-state index contributed by atoms with van der Waals surface area (Å²) in [7, 11) is 0. The van der Waals surface area contributed by atoms with Crippen molar-refractivity contribution in [1.82, 2.24) is 5.32 Å². The molecule has 0 aromatic heterocycles. The van der Waals surface area contributed by atoms with Crippen molar-refractivity contribution in [2.24, 2.45) is 5.92 Å². The first-order chi connectivity index (χ1) is 11.4. The maximum atomic E-state index is 12.5. The fourth-order valence-electron chi connectivity index (χ4n) is 2.71. The lowest BCUT2D eigenvalue weighted by molar-refractivity contribution is -0.140. The van der Waals surface area contributed by atoms with Crippen molar-refractivity contribution in [3.8, 4) is 0 Å². The Hall–Kier alpha value is -2.66. The molecule has 0 spiro atoms. The second kappa shape index (κ2) is 6.09. The third-order valence-corrected chi connectivity index (χ3v) is 4.38. The van der Waals surface area contributed by atoms with Crippen molar-refractivity contribution >= 4 is 29.3 Å². The van der Waals surface area contributed by atoms with Crippen LogP contribution in [0.1, 0.15) is 27.1 Å². The van der Waals surface area contributed by atoms with Crippen molar-refractivity contribution in [3.05, 3.63) is 70.7 Å². The molecule has 0 saturated heterocycles. The zero-order chi connectivity index (χ0) is 17.3. The number of ketones is 1. The highest BCUT2D eigenvalue weighted by Crippen LogP contribution is 2.46. The van der Waals surface area contributed by atoms with Gasteiger partial charge in [0.15, 0.2) is 5.78 Å². The van der Waals surface area contributed by atoms with E-state index in [1.807, 2.05) is 0 Å². The van der Waals surface area contributed by atoms with Crippen LogP contribution in [0, 0.1) is 5.92 Å². The normalized spacial score (nSPS) is 21.8. The van der Waals surface area contributed by atoms with Crippen LogP contribution < -0.4 is 5.32 Å². The van der Waals surface area contributed by atoms with E-state index in [0.29, 0.717) is 16.1 Å². The molecule has 6 heteroatoms. The highest BCUT2D eigenvalue weighted by Gasteiger charge is 2.65. The smallest absolute Gasteiger partial charge is 0.330 e. The number of benzene rings is 2. The van der Waals surface area contributed by atoms with Crippen LogP contribution in [0.3, 0.4) is 0 Å². The molecule has 2 aromatic rings. The van der Waals surface area contributed by atoms with E-state index in [-0.39, 0.29) is 12.2 Å². The monoisotopic (exact) mass is 343 g/mol. The van der Waals surface area contributed by atoms with Crippen molar-refractivity contribution in [2.75, 3.05) is 0 Å².